The Kier molecular flexibility index (Phi) is 7.64. The first-order valence-corrected chi connectivity index (χ1v) is 12.9. The number of fused-ring (bicyclic) bond motifs is 1. The molecule has 1 fully saturated rings. The molecule has 2 aromatic carbocycles. The average molecular weight is 531 g/mol. The van der Waals surface area contributed by atoms with Crippen LogP contribution in [0, 0.1) is 10.1 Å². The molecule has 1 saturated heterocycles. The molecule has 1 aliphatic heterocycles. The summed E-state index contributed by atoms with van der Waals surface area (Å²) in [6.07, 6.45) is 3.60. The lowest BCUT2D eigenvalue weighted by atomic mass is 10.1. The molecule has 3 N–H and O–H groups in total. The van der Waals surface area contributed by atoms with Gasteiger partial charge in [-0.15, -0.1) is 0 Å². The Morgan fingerprint density at radius 1 is 1.15 bits per heavy atom. The zero-order valence-electron chi connectivity index (χ0n) is 21.8. The van der Waals surface area contributed by atoms with E-state index in [9.17, 15) is 14.9 Å². The maximum atomic E-state index is 12.7. The molecular formula is C27H30N8O4. The van der Waals surface area contributed by atoms with E-state index in [0.29, 0.717) is 37.3 Å². The van der Waals surface area contributed by atoms with Crippen LogP contribution in [-0.2, 0) is 11.3 Å². The molecule has 5 rings (SSSR count). The zero-order chi connectivity index (χ0) is 27.4. The molecule has 0 unspecified atom stereocenters. The first kappa shape index (κ1) is 26.0. The van der Waals surface area contributed by atoms with Crippen molar-refractivity contribution in [2.75, 3.05) is 29.2 Å². The first-order valence-electron chi connectivity index (χ1n) is 12.9. The first-order chi connectivity index (χ1) is 18.9. The normalized spacial score (nSPS) is 13.9. The van der Waals surface area contributed by atoms with Gasteiger partial charge in [0.15, 0.2) is 5.65 Å². The number of ether oxygens (including phenoxy) is 1. The Bertz CT molecular complexity index is 1500. The number of non-ortho nitro benzene ring substituents is 1. The zero-order valence-corrected chi connectivity index (χ0v) is 21.8. The van der Waals surface area contributed by atoms with Crippen LogP contribution in [0.2, 0.25) is 0 Å². The summed E-state index contributed by atoms with van der Waals surface area (Å²) in [4.78, 5) is 32.7. The average Bonchev–Trinajstić information content (AvgIpc) is 3.37. The predicted octanol–water partition coefficient (Wildman–Crippen LogP) is 4.61. The Hall–Kier alpha value is -4.58. The Balaban J connectivity index is 1.33. The number of nitro groups is 1. The molecule has 202 valence electrons. The minimum absolute atomic E-state index is 0.137. The van der Waals surface area contributed by atoms with Crippen molar-refractivity contribution in [3.8, 4) is 0 Å². The van der Waals surface area contributed by atoms with Gasteiger partial charge >= 0.3 is 0 Å². The standard InChI is InChI=1S/C27H30N8O4/c1-17(2)23-16-29-34-24(23)32-26(31-20-9-11-39-12-10-20)33-27(34)28-15-18-5-3-7-21(13-18)30-25(36)19-6-4-8-22(14-19)35(37)38/h3-8,13-14,16-17,20H,9-12,15H2,1-2H3,(H,30,36)(H2,28,31,32,33). The van der Waals surface area contributed by atoms with E-state index in [1.165, 1.54) is 24.3 Å². The number of rotatable bonds is 9. The van der Waals surface area contributed by atoms with Gasteiger partial charge in [-0.1, -0.05) is 32.0 Å². The Morgan fingerprint density at radius 2 is 1.95 bits per heavy atom. The summed E-state index contributed by atoms with van der Waals surface area (Å²) in [6, 6.07) is 13.2. The van der Waals surface area contributed by atoms with Gasteiger partial charge < -0.3 is 20.7 Å². The van der Waals surface area contributed by atoms with Crippen LogP contribution in [0.25, 0.3) is 5.65 Å². The lowest BCUT2D eigenvalue weighted by Gasteiger charge is -2.23. The number of nitrogens with zero attached hydrogens (tertiary/aromatic N) is 5. The van der Waals surface area contributed by atoms with Gasteiger partial charge in [-0.05, 0) is 42.5 Å². The minimum Gasteiger partial charge on any atom is -0.381 e. The molecule has 4 aromatic rings. The third-order valence-corrected chi connectivity index (χ3v) is 6.53. The van der Waals surface area contributed by atoms with Crippen molar-refractivity contribution in [2.45, 2.75) is 45.2 Å². The van der Waals surface area contributed by atoms with Gasteiger partial charge in [0.1, 0.15) is 0 Å². The number of hydrogen-bond acceptors (Lipinski definition) is 9. The van der Waals surface area contributed by atoms with Crippen LogP contribution in [0.3, 0.4) is 0 Å². The van der Waals surface area contributed by atoms with Crippen molar-refractivity contribution in [2.24, 2.45) is 0 Å². The van der Waals surface area contributed by atoms with Gasteiger partial charge in [0.2, 0.25) is 11.9 Å². The van der Waals surface area contributed by atoms with E-state index < -0.39 is 10.8 Å². The van der Waals surface area contributed by atoms with Crippen LogP contribution < -0.4 is 16.0 Å². The molecule has 0 radical (unpaired) electrons. The largest absolute Gasteiger partial charge is 0.381 e. The highest BCUT2D eigenvalue weighted by Gasteiger charge is 2.19. The fourth-order valence-corrected chi connectivity index (χ4v) is 4.41. The van der Waals surface area contributed by atoms with Crippen molar-refractivity contribution in [1.82, 2.24) is 19.6 Å². The van der Waals surface area contributed by atoms with Crippen molar-refractivity contribution in [3.05, 3.63) is 81.5 Å². The smallest absolute Gasteiger partial charge is 0.270 e. The highest BCUT2D eigenvalue weighted by atomic mass is 16.6. The quantitative estimate of drug-likeness (QED) is 0.208. The van der Waals surface area contributed by atoms with Crippen molar-refractivity contribution in [3.63, 3.8) is 0 Å². The fourth-order valence-electron chi connectivity index (χ4n) is 4.41. The molecule has 12 heteroatoms. The molecule has 2 aromatic heterocycles. The molecule has 0 atom stereocenters. The van der Waals surface area contributed by atoms with Crippen molar-refractivity contribution in [1.29, 1.82) is 0 Å². The highest BCUT2D eigenvalue weighted by molar-refractivity contribution is 6.04. The van der Waals surface area contributed by atoms with Gasteiger partial charge in [-0.25, -0.2) is 0 Å². The number of anilines is 3. The van der Waals surface area contributed by atoms with E-state index in [0.717, 1.165) is 29.6 Å². The van der Waals surface area contributed by atoms with Crippen LogP contribution in [0.15, 0.2) is 54.7 Å². The Morgan fingerprint density at radius 3 is 2.72 bits per heavy atom. The van der Waals surface area contributed by atoms with Crippen molar-refractivity contribution >= 4 is 34.8 Å². The lowest BCUT2D eigenvalue weighted by molar-refractivity contribution is -0.384. The molecule has 0 aliphatic carbocycles. The monoisotopic (exact) mass is 530 g/mol. The number of nitrogens with one attached hydrogen (secondary N) is 3. The van der Waals surface area contributed by atoms with Crippen LogP contribution in [0.5, 0.6) is 0 Å². The molecule has 0 saturated carbocycles. The lowest BCUT2D eigenvalue weighted by Crippen LogP contribution is -2.29. The molecule has 0 spiro atoms. The Labute approximate surface area is 225 Å². The highest BCUT2D eigenvalue weighted by Crippen LogP contribution is 2.24. The van der Waals surface area contributed by atoms with E-state index >= 15 is 0 Å². The van der Waals surface area contributed by atoms with Gasteiger partial charge in [-0.2, -0.15) is 19.6 Å². The van der Waals surface area contributed by atoms with Gasteiger partial charge in [-0.3, -0.25) is 14.9 Å². The number of nitro benzene ring substituents is 1. The summed E-state index contributed by atoms with van der Waals surface area (Å²) >= 11 is 0. The van der Waals surface area contributed by atoms with Crippen LogP contribution in [0.4, 0.5) is 23.3 Å². The number of amides is 1. The minimum atomic E-state index is -0.526. The van der Waals surface area contributed by atoms with E-state index in [1.807, 2.05) is 24.4 Å². The molecule has 0 bridgehead atoms. The van der Waals surface area contributed by atoms with Crippen molar-refractivity contribution < 1.29 is 14.5 Å². The van der Waals surface area contributed by atoms with Crippen LogP contribution >= 0.6 is 0 Å². The number of hydrogen-bond donors (Lipinski definition) is 3. The van der Waals surface area contributed by atoms with E-state index in [4.69, 9.17) is 14.7 Å². The predicted molar refractivity (Wildman–Crippen MR) is 147 cm³/mol. The van der Waals surface area contributed by atoms with E-state index in [1.54, 1.807) is 10.6 Å². The summed E-state index contributed by atoms with van der Waals surface area (Å²) in [5.41, 5.74) is 3.31. The fraction of sp³-hybridized carbons (Fsp3) is 0.333. The number of aromatic nitrogens is 4. The molecule has 39 heavy (non-hydrogen) atoms. The molecular weight excluding hydrogens is 500 g/mol. The third-order valence-electron chi connectivity index (χ3n) is 6.53. The second-order valence-corrected chi connectivity index (χ2v) is 9.71. The molecule has 1 amide bonds. The second kappa shape index (κ2) is 11.4. The van der Waals surface area contributed by atoms with E-state index in [-0.39, 0.29) is 23.2 Å². The molecule has 1 aliphatic rings. The SMILES string of the molecule is CC(C)c1cnn2c(NCc3cccc(NC(=O)c4cccc([N+](=O)[O-])c4)c3)nc(NC3CCOCC3)nc12. The third kappa shape index (κ3) is 6.12. The van der Waals surface area contributed by atoms with E-state index in [2.05, 4.69) is 34.9 Å². The second-order valence-electron chi connectivity index (χ2n) is 9.71. The van der Waals surface area contributed by atoms with Gasteiger partial charge in [0, 0.05) is 54.7 Å². The van der Waals surface area contributed by atoms with Crippen LogP contribution in [-0.4, -0.2) is 49.7 Å². The number of carbonyl (C=O) groups is 1. The number of carbonyl (C=O) groups excluding carboxylic acids is 1. The maximum Gasteiger partial charge on any atom is 0.270 e. The number of benzene rings is 2. The van der Waals surface area contributed by atoms with Gasteiger partial charge in [0.05, 0.1) is 11.1 Å². The summed E-state index contributed by atoms with van der Waals surface area (Å²) in [6.45, 7) is 6.04. The van der Waals surface area contributed by atoms with Crippen LogP contribution in [0.1, 0.15) is 54.1 Å². The maximum absolute atomic E-state index is 12.7. The topological polar surface area (TPSA) is 149 Å². The summed E-state index contributed by atoms with van der Waals surface area (Å²) in [7, 11) is 0. The summed E-state index contributed by atoms with van der Waals surface area (Å²) in [5.74, 6) is 0.903. The van der Waals surface area contributed by atoms with Gasteiger partial charge in [0.25, 0.3) is 11.6 Å². The summed E-state index contributed by atoms with van der Waals surface area (Å²) < 4.78 is 7.18. The molecule has 12 nitrogen and oxygen atoms in total. The molecule has 3 heterocycles. The summed E-state index contributed by atoms with van der Waals surface area (Å²) in [5, 5.41) is 25.2.